The molecule has 0 aliphatic heterocycles. The molecule has 0 spiro atoms. The smallest absolute Gasteiger partial charge is 0.237 e. The van der Waals surface area contributed by atoms with Gasteiger partial charge in [-0.2, -0.15) is 0 Å². The monoisotopic (exact) mass is 412 g/mol. The van der Waals surface area contributed by atoms with Gasteiger partial charge in [-0.3, -0.25) is 4.79 Å². The van der Waals surface area contributed by atoms with E-state index in [1.54, 1.807) is 29.8 Å². The number of halogens is 1. The number of aromatic nitrogens is 3. The van der Waals surface area contributed by atoms with Gasteiger partial charge in [-0.05, 0) is 43.0 Å². The number of hydrogen-bond donors (Lipinski definition) is 1. The van der Waals surface area contributed by atoms with Crippen LogP contribution in [-0.4, -0.2) is 25.9 Å². The molecule has 0 aliphatic rings. The Morgan fingerprint density at radius 3 is 2.52 bits per heavy atom. The van der Waals surface area contributed by atoms with E-state index in [4.69, 9.17) is 0 Å². The first kappa shape index (κ1) is 21.0. The molecule has 0 aliphatic carbocycles. The number of aryl methyl sites for hydroxylation is 1. The summed E-state index contributed by atoms with van der Waals surface area (Å²) in [6.07, 6.45) is 0. The van der Waals surface area contributed by atoms with Crippen LogP contribution in [-0.2, 0) is 11.8 Å². The second-order valence-corrected chi connectivity index (χ2v) is 8.60. The second kappa shape index (κ2) is 8.78. The molecule has 1 amide bonds. The third-order valence-corrected chi connectivity index (χ3v) is 5.91. The molecule has 152 valence electrons. The first-order chi connectivity index (χ1) is 13.8. The number of benzene rings is 2. The Balaban J connectivity index is 1.77. The summed E-state index contributed by atoms with van der Waals surface area (Å²) in [6.45, 7) is 8.02. The van der Waals surface area contributed by atoms with Crippen molar-refractivity contribution in [3.63, 3.8) is 0 Å². The average Bonchev–Trinajstić information content (AvgIpc) is 3.03. The maximum atomic E-state index is 14.1. The Morgan fingerprint density at radius 1 is 1.10 bits per heavy atom. The zero-order chi connectivity index (χ0) is 21.1. The number of thioether (sulfide) groups is 1. The van der Waals surface area contributed by atoms with Gasteiger partial charge in [0.1, 0.15) is 5.82 Å². The van der Waals surface area contributed by atoms with Crippen molar-refractivity contribution in [2.24, 2.45) is 7.05 Å². The molecule has 0 fully saturated rings. The molecule has 0 saturated heterocycles. The van der Waals surface area contributed by atoms with E-state index in [0.717, 1.165) is 16.8 Å². The fraction of sp³-hybridized carbons (Fsp3) is 0.318. The van der Waals surface area contributed by atoms with Crippen molar-refractivity contribution in [3.8, 4) is 11.4 Å². The van der Waals surface area contributed by atoms with Crippen molar-refractivity contribution in [2.75, 3.05) is 5.32 Å². The standard InChI is InChI=1S/C22H25FN4OS/c1-13(2)16-11-8-9-14(3)19(16)24-21(28)15(4)29-22-26-25-20(27(22)5)17-10-6-7-12-18(17)23/h6-13,15H,1-5H3,(H,24,28). The van der Waals surface area contributed by atoms with Crippen LogP contribution in [0.1, 0.15) is 37.8 Å². The van der Waals surface area contributed by atoms with Crippen LogP contribution in [0.4, 0.5) is 10.1 Å². The fourth-order valence-electron chi connectivity index (χ4n) is 3.07. The van der Waals surface area contributed by atoms with Gasteiger partial charge in [-0.15, -0.1) is 10.2 Å². The summed E-state index contributed by atoms with van der Waals surface area (Å²) in [5.41, 5.74) is 3.39. The van der Waals surface area contributed by atoms with E-state index in [-0.39, 0.29) is 11.7 Å². The lowest BCUT2D eigenvalue weighted by atomic mass is 9.98. The van der Waals surface area contributed by atoms with Gasteiger partial charge in [0.05, 0.1) is 10.8 Å². The summed E-state index contributed by atoms with van der Waals surface area (Å²) in [7, 11) is 1.77. The van der Waals surface area contributed by atoms with Crippen molar-refractivity contribution in [1.29, 1.82) is 0 Å². The summed E-state index contributed by atoms with van der Waals surface area (Å²) in [6, 6.07) is 12.5. The molecule has 0 radical (unpaired) electrons. The number of carbonyl (C=O) groups excluding carboxylic acids is 1. The molecular formula is C22H25FN4OS. The third-order valence-electron chi connectivity index (χ3n) is 4.78. The van der Waals surface area contributed by atoms with Crippen LogP contribution in [0.15, 0.2) is 47.6 Å². The number of para-hydroxylation sites is 1. The first-order valence-electron chi connectivity index (χ1n) is 9.51. The van der Waals surface area contributed by atoms with E-state index in [1.807, 2.05) is 32.0 Å². The molecule has 3 rings (SSSR count). The average molecular weight is 413 g/mol. The molecular weight excluding hydrogens is 387 g/mol. The van der Waals surface area contributed by atoms with E-state index < -0.39 is 5.25 Å². The third kappa shape index (κ3) is 4.50. The Hall–Kier alpha value is -2.67. The van der Waals surface area contributed by atoms with Gasteiger partial charge < -0.3 is 9.88 Å². The maximum absolute atomic E-state index is 14.1. The Bertz CT molecular complexity index is 1030. The normalized spacial score (nSPS) is 12.2. The first-order valence-corrected chi connectivity index (χ1v) is 10.4. The molecule has 0 bridgehead atoms. The van der Waals surface area contributed by atoms with E-state index >= 15 is 0 Å². The molecule has 0 saturated carbocycles. The van der Waals surface area contributed by atoms with Crippen molar-refractivity contribution in [3.05, 3.63) is 59.4 Å². The predicted octanol–water partition coefficient (Wildman–Crippen LogP) is 5.17. The molecule has 1 atom stereocenters. The largest absolute Gasteiger partial charge is 0.325 e. The lowest BCUT2D eigenvalue weighted by Gasteiger charge is -2.18. The molecule has 2 aromatic carbocycles. The Morgan fingerprint density at radius 2 is 1.83 bits per heavy atom. The minimum atomic E-state index is -0.397. The summed E-state index contributed by atoms with van der Waals surface area (Å²) in [5.74, 6) is 0.266. The lowest BCUT2D eigenvalue weighted by molar-refractivity contribution is -0.115. The van der Waals surface area contributed by atoms with Crippen LogP contribution in [0.25, 0.3) is 11.4 Å². The summed E-state index contributed by atoms with van der Waals surface area (Å²) < 4.78 is 15.8. The van der Waals surface area contributed by atoms with Gasteiger partial charge in [0.2, 0.25) is 5.91 Å². The van der Waals surface area contributed by atoms with Crippen molar-refractivity contribution in [2.45, 2.75) is 44.0 Å². The molecule has 3 aromatic rings. The highest BCUT2D eigenvalue weighted by molar-refractivity contribution is 8.00. The topological polar surface area (TPSA) is 59.8 Å². The Kier molecular flexibility index (Phi) is 6.37. The van der Waals surface area contributed by atoms with Gasteiger partial charge in [-0.1, -0.05) is 55.9 Å². The summed E-state index contributed by atoms with van der Waals surface area (Å²) in [5, 5.41) is 11.5. The molecule has 7 heteroatoms. The number of amides is 1. The maximum Gasteiger partial charge on any atom is 0.237 e. The SMILES string of the molecule is Cc1cccc(C(C)C)c1NC(=O)C(C)Sc1nnc(-c2ccccc2F)n1C. The van der Waals surface area contributed by atoms with Gasteiger partial charge in [-0.25, -0.2) is 4.39 Å². The van der Waals surface area contributed by atoms with Crippen LogP contribution in [0.2, 0.25) is 0 Å². The second-order valence-electron chi connectivity index (χ2n) is 7.29. The van der Waals surface area contributed by atoms with Crippen LogP contribution >= 0.6 is 11.8 Å². The minimum absolute atomic E-state index is 0.110. The molecule has 1 N–H and O–H groups in total. The van der Waals surface area contributed by atoms with Gasteiger partial charge in [0.25, 0.3) is 0 Å². The van der Waals surface area contributed by atoms with Crippen LogP contribution in [0.5, 0.6) is 0 Å². The van der Waals surface area contributed by atoms with Crippen molar-refractivity contribution in [1.82, 2.24) is 14.8 Å². The fourth-order valence-corrected chi connectivity index (χ4v) is 3.89. The molecule has 1 heterocycles. The number of nitrogens with one attached hydrogen (secondary N) is 1. The predicted molar refractivity (Wildman–Crippen MR) is 116 cm³/mol. The number of rotatable bonds is 6. The van der Waals surface area contributed by atoms with Crippen LogP contribution in [0, 0.1) is 12.7 Å². The lowest BCUT2D eigenvalue weighted by Crippen LogP contribution is -2.24. The number of carbonyl (C=O) groups is 1. The van der Waals surface area contributed by atoms with Crippen molar-refractivity contribution < 1.29 is 9.18 Å². The highest BCUT2D eigenvalue weighted by atomic mass is 32.2. The zero-order valence-electron chi connectivity index (χ0n) is 17.2. The van der Waals surface area contributed by atoms with E-state index in [9.17, 15) is 9.18 Å². The molecule has 5 nitrogen and oxygen atoms in total. The quantitative estimate of drug-likeness (QED) is 0.567. The summed E-state index contributed by atoms with van der Waals surface area (Å²) in [4.78, 5) is 12.8. The van der Waals surface area contributed by atoms with Crippen LogP contribution in [0.3, 0.4) is 0 Å². The summed E-state index contributed by atoms with van der Waals surface area (Å²) >= 11 is 1.29. The van der Waals surface area contributed by atoms with Gasteiger partial charge in [0.15, 0.2) is 11.0 Å². The van der Waals surface area contributed by atoms with Gasteiger partial charge in [0, 0.05) is 12.7 Å². The number of anilines is 1. The highest BCUT2D eigenvalue weighted by Gasteiger charge is 2.22. The van der Waals surface area contributed by atoms with Crippen LogP contribution < -0.4 is 5.32 Å². The molecule has 1 unspecified atom stereocenters. The Labute approximate surface area is 174 Å². The minimum Gasteiger partial charge on any atom is -0.325 e. The van der Waals surface area contributed by atoms with Gasteiger partial charge >= 0.3 is 0 Å². The highest BCUT2D eigenvalue weighted by Crippen LogP contribution is 2.30. The number of hydrogen-bond acceptors (Lipinski definition) is 4. The zero-order valence-corrected chi connectivity index (χ0v) is 18.0. The van der Waals surface area contributed by atoms with E-state index in [2.05, 4.69) is 29.4 Å². The number of nitrogens with zero attached hydrogens (tertiary/aromatic N) is 3. The molecule has 29 heavy (non-hydrogen) atoms. The van der Waals surface area contributed by atoms with E-state index in [0.29, 0.717) is 22.5 Å². The van der Waals surface area contributed by atoms with Crippen molar-refractivity contribution >= 4 is 23.4 Å². The molecule has 1 aromatic heterocycles. The van der Waals surface area contributed by atoms with E-state index in [1.165, 1.54) is 17.8 Å².